The Bertz CT molecular complexity index is 569. The molecule has 0 bridgehead atoms. The van der Waals surface area contributed by atoms with Crippen molar-refractivity contribution in [2.45, 2.75) is 38.3 Å². The summed E-state index contributed by atoms with van der Waals surface area (Å²) in [5.41, 5.74) is 0.996. The maximum atomic E-state index is 13.1. The number of carbonyl (C=O) groups is 1. The molecule has 1 amide bonds. The third-order valence-electron chi connectivity index (χ3n) is 5.25. The van der Waals surface area contributed by atoms with E-state index in [0.717, 1.165) is 51.1 Å². The highest BCUT2D eigenvalue weighted by atomic mass is 35.5. The smallest absolute Gasteiger partial charge is 0.275 e. The zero-order valence-electron chi connectivity index (χ0n) is 14.0. The van der Waals surface area contributed by atoms with Crippen molar-refractivity contribution in [3.8, 4) is 0 Å². The third-order valence-corrected chi connectivity index (χ3v) is 5.60. The molecule has 1 aromatic carbocycles. The van der Waals surface area contributed by atoms with Crippen molar-refractivity contribution in [3.63, 3.8) is 0 Å². The molecule has 3 rings (SSSR count). The second kappa shape index (κ2) is 8.28. The molecule has 132 valence electrons. The predicted octanol–water partition coefficient (Wildman–Crippen LogP) is -0.179. The molecule has 6 heteroatoms. The topological polar surface area (TPSA) is 38.0 Å². The van der Waals surface area contributed by atoms with E-state index >= 15 is 0 Å². The van der Waals surface area contributed by atoms with E-state index in [9.17, 15) is 9.18 Å². The van der Waals surface area contributed by atoms with Crippen molar-refractivity contribution in [1.29, 1.82) is 0 Å². The van der Waals surface area contributed by atoms with E-state index in [4.69, 9.17) is 11.6 Å². The molecule has 1 saturated heterocycles. The van der Waals surface area contributed by atoms with Crippen molar-refractivity contribution < 1.29 is 19.0 Å². The molecule has 2 fully saturated rings. The number of quaternary nitrogens is 2. The predicted molar refractivity (Wildman–Crippen MR) is 91.8 cm³/mol. The second-order valence-corrected chi connectivity index (χ2v) is 7.55. The maximum absolute atomic E-state index is 13.1. The number of nitrogens with one attached hydrogen (secondary N) is 3. The van der Waals surface area contributed by atoms with Gasteiger partial charge in [-0.25, -0.2) is 4.39 Å². The summed E-state index contributed by atoms with van der Waals surface area (Å²) >= 11 is 6.12. The van der Waals surface area contributed by atoms with Gasteiger partial charge in [0.2, 0.25) is 0 Å². The van der Waals surface area contributed by atoms with E-state index in [1.54, 1.807) is 6.07 Å². The summed E-state index contributed by atoms with van der Waals surface area (Å²) in [6.45, 7) is 5.42. The number of halogens is 2. The van der Waals surface area contributed by atoms with Gasteiger partial charge in [-0.05, 0) is 31.0 Å². The van der Waals surface area contributed by atoms with Crippen molar-refractivity contribution in [1.82, 2.24) is 5.32 Å². The Morgan fingerprint density at radius 2 is 1.83 bits per heavy atom. The molecule has 1 saturated carbocycles. The van der Waals surface area contributed by atoms with Gasteiger partial charge in [-0.2, -0.15) is 0 Å². The number of benzene rings is 1. The minimum atomic E-state index is -0.290. The molecule has 0 radical (unpaired) electrons. The first-order chi connectivity index (χ1) is 11.6. The van der Waals surface area contributed by atoms with Crippen LogP contribution in [0.5, 0.6) is 0 Å². The largest absolute Gasteiger partial charge is 0.348 e. The Morgan fingerprint density at radius 1 is 1.17 bits per heavy atom. The van der Waals surface area contributed by atoms with Crippen LogP contribution in [0.15, 0.2) is 18.2 Å². The highest BCUT2D eigenvalue weighted by molar-refractivity contribution is 6.31. The van der Waals surface area contributed by atoms with Crippen LogP contribution in [-0.4, -0.2) is 44.7 Å². The average molecular weight is 356 g/mol. The first-order valence-electron chi connectivity index (χ1n) is 9.00. The van der Waals surface area contributed by atoms with Gasteiger partial charge < -0.3 is 15.1 Å². The van der Waals surface area contributed by atoms with E-state index in [1.165, 1.54) is 34.8 Å². The summed E-state index contributed by atoms with van der Waals surface area (Å²) < 4.78 is 13.1. The van der Waals surface area contributed by atoms with Crippen molar-refractivity contribution in [2.75, 3.05) is 32.7 Å². The van der Waals surface area contributed by atoms with E-state index in [-0.39, 0.29) is 11.7 Å². The Balaban J connectivity index is 1.41. The minimum Gasteiger partial charge on any atom is -0.348 e. The van der Waals surface area contributed by atoms with Gasteiger partial charge in [0.05, 0.1) is 5.02 Å². The number of carbonyl (C=O) groups excluding carboxylic acids is 1. The lowest BCUT2D eigenvalue weighted by atomic mass is 10.2. The Labute approximate surface area is 147 Å². The number of rotatable bonds is 5. The zero-order chi connectivity index (χ0) is 16.9. The van der Waals surface area contributed by atoms with Gasteiger partial charge in [0, 0.05) is 11.6 Å². The molecule has 24 heavy (non-hydrogen) atoms. The fourth-order valence-electron chi connectivity index (χ4n) is 3.82. The van der Waals surface area contributed by atoms with Crippen LogP contribution in [0.3, 0.4) is 0 Å². The number of hydrogen-bond donors (Lipinski definition) is 3. The Morgan fingerprint density at radius 3 is 2.50 bits per heavy atom. The molecule has 3 N–H and O–H groups in total. The maximum Gasteiger partial charge on any atom is 0.275 e. The first-order valence-corrected chi connectivity index (χ1v) is 9.38. The molecule has 1 heterocycles. The van der Waals surface area contributed by atoms with Crippen LogP contribution >= 0.6 is 11.6 Å². The van der Waals surface area contributed by atoms with E-state index in [1.807, 2.05) is 0 Å². The van der Waals surface area contributed by atoms with Crippen molar-refractivity contribution in [3.05, 3.63) is 34.6 Å². The minimum absolute atomic E-state index is 0.196. The summed E-state index contributed by atoms with van der Waals surface area (Å²) in [6, 6.07) is 5.03. The zero-order valence-corrected chi connectivity index (χ0v) is 14.8. The van der Waals surface area contributed by atoms with Crippen LogP contribution in [-0.2, 0) is 11.3 Å². The van der Waals surface area contributed by atoms with Gasteiger partial charge in [-0.1, -0.05) is 24.4 Å². The molecule has 0 spiro atoms. The van der Waals surface area contributed by atoms with Gasteiger partial charge in [0.15, 0.2) is 6.54 Å². The van der Waals surface area contributed by atoms with E-state index in [2.05, 4.69) is 5.32 Å². The second-order valence-electron chi connectivity index (χ2n) is 7.14. The van der Waals surface area contributed by atoms with Crippen LogP contribution in [0, 0.1) is 5.82 Å². The Kier molecular flexibility index (Phi) is 6.09. The van der Waals surface area contributed by atoms with Gasteiger partial charge >= 0.3 is 0 Å². The van der Waals surface area contributed by atoms with E-state index < -0.39 is 0 Å². The Hall–Kier alpha value is -1.17. The van der Waals surface area contributed by atoms with E-state index in [0.29, 0.717) is 17.6 Å². The summed E-state index contributed by atoms with van der Waals surface area (Å²) in [5, 5.41) is 3.68. The molecular formula is C18H27ClFN3O+2. The molecule has 1 aliphatic carbocycles. The van der Waals surface area contributed by atoms with Gasteiger partial charge in [-0.15, -0.1) is 0 Å². The van der Waals surface area contributed by atoms with Gasteiger partial charge in [-0.3, -0.25) is 4.79 Å². The average Bonchev–Trinajstić information content (AvgIpc) is 3.04. The molecular weight excluding hydrogens is 329 g/mol. The third kappa shape index (κ3) is 4.91. The molecule has 4 nitrogen and oxygen atoms in total. The molecule has 0 atom stereocenters. The van der Waals surface area contributed by atoms with Crippen LogP contribution in [0.1, 0.15) is 31.2 Å². The molecule has 0 aromatic heterocycles. The lowest BCUT2D eigenvalue weighted by Gasteiger charge is -2.29. The fraction of sp³-hybridized carbons (Fsp3) is 0.611. The standard InChI is InChI=1S/C18H25ClFN3O/c19-17-11-15(20)6-5-14(17)12-22-7-9-23(10-8-22)13-18(24)21-16-3-1-2-4-16/h5-6,11,16H,1-4,7-10,12-13H2,(H,21,24)/p+2. The number of hydrogen-bond acceptors (Lipinski definition) is 1. The number of amides is 1. The fourth-order valence-corrected chi connectivity index (χ4v) is 4.06. The molecule has 0 unspecified atom stereocenters. The summed E-state index contributed by atoms with van der Waals surface area (Å²) in [6.07, 6.45) is 4.76. The summed E-state index contributed by atoms with van der Waals surface area (Å²) in [7, 11) is 0. The summed E-state index contributed by atoms with van der Waals surface area (Å²) in [4.78, 5) is 14.9. The normalized spacial score (nSPS) is 24.9. The van der Waals surface area contributed by atoms with Gasteiger partial charge in [0.1, 0.15) is 38.5 Å². The van der Waals surface area contributed by atoms with Crippen molar-refractivity contribution in [2.24, 2.45) is 0 Å². The number of piperazine rings is 1. The van der Waals surface area contributed by atoms with Crippen LogP contribution < -0.4 is 15.1 Å². The summed E-state index contributed by atoms with van der Waals surface area (Å²) in [5.74, 6) is -0.0942. The molecule has 1 aromatic rings. The van der Waals surface area contributed by atoms with Crippen LogP contribution in [0.2, 0.25) is 5.02 Å². The highest BCUT2D eigenvalue weighted by Gasteiger charge is 2.26. The molecule has 1 aliphatic heterocycles. The monoisotopic (exact) mass is 355 g/mol. The lowest BCUT2D eigenvalue weighted by molar-refractivity contribution is -1.02. The molecule has 2 aliphatic rings. The first kappa shape index (κ1) is 17.6. The van der Waals surface area contributed by atoms with Crippen LogP contribution in [0.4, 0.5) is 4.39 Å². The van der Waals surface area contributed by atoms with Crippen LogP contribution in [0.25, 0.3) is 0 Å². The highest BCUT2D eigenvalue weighted by Crippen LogP contribution is 2.17. The quantitative estimate of drug-likeness (QED) is 0.673. The van der Waals surface area contributed by atoms with Gasteiger partial charge in [0.25, 0.3) is 5.91 Å². The van der Waals surface area contributed by atoms with Crippen molar-refractivity contribution >= 4 is 17.5 Å². The lowest BCUT2D eigenvalue weighted by Crippen LogP contribution is -3.28. The SMILES string of the molecule is O=C(C[NH+]1CC[NH+](Cc2ccc(F)cc2Cl)CC1)NC1CCCC1.